The lowest BCUT2D eigenvalue weighted by molar-refractivity contribution is 0.0759. The van der Waals surface area contributed by atoms with Crippen LogP contribution in [-0.4, -0.2) is 35.1 Å². The van der Waals surface area contributed by atoms with Crippen LogP contribution in [0.15, 0.2) is 18.2 Å². The summed E-state index contributed by atoms with van der Waals surface area (Å²) in [5.74, 6) is -0.836. The topological polar surface area (TPSA) is 40.5 Å². The van der Waals surface area contributed by atoms with Gasteiger partial charge >= 0.3 is 0 Å². The predicted octanol–water partition coefficient (Wildman–Crippen LogP) is 1.64. The average molecular weight is 335 g/mol. The summed E-state index contributed by atoms with van der Waals surface area (Å²) in [4.78, 5) is 13.5. The second-order valence-corrected chi connectivity index (χ2v) is 4.95. The Morgan fingerprint density at radius 1 is 1.56 bits per heavy atom. The molecule has 16 heavy (non-hydrogen) atoms. The summed E-state index contributed by atoms with van der Waals surface area (Å²) in [6.45, 7) is 0.785. The van der Waals surface area contributed by atoms with Gasteiger partial charge in [0, 0.05) is 16.7 Å². The molecule has 1 saturated heterocycles. The van der Waals surface area contributed by atoms with Gasteiger partial charge in [-0.3, -0.25) is 4.79 Å². The molecule has 1 amide bonds. The number of rotatable bonds is 1. The van der Waals surface area contributed by atoms with Crippen LogP contribution in [0.3, 0.4) is 0 Å². The van der Waals surface area contributed by atoms with E-state index < -0.39 is 11.9 Å². The Morgan fingerprint density at radius 3 is 2.88 bits per heavy atom. The Hall–Kier alpha value is -0.690. The van der Waals surface area contributed by atoms with E-state index in [4.69, 9.17) is 0 Å². The van der Waals surface area contributed by atoms with Gasteiger partial charge in [-0.2, -0.15) is 0 Å². The first-order chi connectivity index (χ1) is 7.59. The van der Waals surface area contributed by atoms with Crippen molar-refractivity contribution in [3.8, 4) is 0 Å². The van der Waals surface area contributed by atoms with Gasteiger partial charge in [-0.05, 0) is 41.1 Å². The van der Waals surface area contributed by atoms with E-state index in [2.05, 4.69) is 0 Å². The molecule has 1 aromatic rings. The number of carbonyl (C=O) groups excluding carboxylic acids is 1. The van der Waals surface area contributed by atoms with Gasteiger partial charge in [-0.25, -0.2) is 4.39 Å². The molecule has 0 radical (unpaired) electrons. The lowest BCUT2D eigenvalue weighted by atomic mass is 10.2. The number of halogens is 2. The molecule has 1 aliphatic rings. The summed E-state index contributed by atoms with van der Waals surface area (Å²) in [7, 11) is 0. The SMILES string of the molecule is O=C(c1c(F)cccc1I)N1CC[C@H](O)C1. The quantitative estimate of drug-likeness (QED) is 0.793. The number of hydrogen-bond acceptors (Lipinski definition) is 2. The molecule has 1 fully saturated rings. The molecule has 1 heterocycles. The molecule has 1 N–H and O–H groups in total. The van der Waals surface area contributed by atoms with Crippen LogP contribution in [0.5, 0.6) is 0 Å². The van der Waals surface area contributed by atoms with Gasteiger partial charge in [0.05, 0.1) is 11.7 Å². The minimum Gasteiger partial charge on any atom is -0.391 e. The summed E-state index contributed by atoms with van der Waals surface area (Å²) >= 11 is 1.94. The molecular formula is C11H11FINO2. The first-order valence-electron chi connectivity index (χ1n) is 5.01. The van der Waals surface area contributed by atoms with Crippen molar-refractivity contribution in [2.45, 2.75) is 12.5 Å². The van der Waals surface area contributed by atoms with Crippen LogP contribution in [0.2, 0.25) is 0 Å². The van der Waals surface area contributed by atoms with Crippen LogP contribution in [0.1, 0.15) is 16.8 Å². The summed E-state index contributed by atoms with van der Waals surface area (Å²) in [6.07, 6.45) is 0.0879. The van der Waals surface area contributed by atoms with E-state index in [0.717, 1.165) is 0 Å². The summed E-state index contributed by atoms with van der Waals surface area (Å²) in [6, 6.07) is 4.55. The number of aliphatic hydroxyl groups excluding tert-OH is 1. The van der Waals surface area contributed by atoms with Crippen molar-refractivity contribution >= 4 is 28.5 Å². The Bertz CT molecular complexity index is 404. The van der Waals surface area contributed by atoms with Gasteiger partial charge in [-0.15, -0.1) is 0 Å². The van der Waals surface area contributed by atoms with E-state index >= 15 is 0 Å². The van der Waals surface area contributed by atoms with Crippen LogP contribution >= 0.6 is 22.6 Å². The number of amides is 1. The number of aliphatic hydroxyl groups is 1. The van der Waals surface area contributed by atoms with Crippen molar-refractivity contribution in [1.82, 2.24) is 4.90 Å². The third-order valence-electron chi connectivity index (χ3n) is 2.63. The minimum atomic E-state index is -0.502. The zero-order chi connectivity index (χ0) is 11.7. The smallest absolute Gasteiger partial charge is 0.258 e. The fourth-order valence-electron chi connectivity index (χ4n) is 1.79. The van der Waals surface area contributed by atoms with E-state index in [9.17, 15) is 14.3 Å². The van der Waals surface area contributed by atoms with Crippen LogP contribution < -0.4 is 0 Å². The van der Waals surface area contributed by atoms with Crippen molar-refractivity contribution in [2.75, 3.05) is 13.1 Å². The second-order valence-electron chi connectivity index (χ2n) is 3.79. The number of β-amino-alcohol motifs (C(OH)–C–C–N with tert-alkyl or cyclic N) is 1. The normalized spacial score (nSPS) is 20.2. The number of carbonyl (C=O) groups is 1. The molecule has 0 spiro atoms. The highest BCUT2D eigenvalue weighted by atomic mass is 127. The van der Waals surface area contributed by atoms with Crippen molar-refractivity contribution in [3.63, 3.8) is 0 Å². The van der Waals surface area contributed by atoms with Gasteiger partial charge in [0.2, 0.25) is 0 Å². The summed E-state index contributed by atoms with van der Waals surface area (Å²) < 4.78 is 14.1. The van der Waals surface area contributed by atoms with E-state index in [0.29, 0.717) is 23.1 Å². The maximum atomic E-state index is 13.5. The first kappa shape index (κ1) is 11.8. The third kappa shape index (κ3) is 2.20. The Kier molecular flexibility index (Phi) is 3.44. The van der Waals surface area contributed by atoms with Gasteiger partial charge in [0.15, 0.2) is 0 Å². The van der Waals surface area contributed by atoms with Crippen molar-refractivity contribution in [1.29, 1.82) is 0 Å². The highest BCUT2D eigenvalue weighted by Crippen LogP contribution is 2.20. The maximum absolute atomic E-state index is 13.5. The van der Waals surface area contributed by atoms with Crippen molar-refractivity contribution < 1.29 is 14.3 Å². The monoisotopic (exact) mass is 335 g/mol. The highest BCUT2D eigenvalue weighted by molar-refractivity contribution is 14.1. The molecular weight excluding hydrogens is 324 g/mol. The standard InChI is InChI=1S/C11H11FINO2/c12-8-2-1-3-9(13)10(8)11(16)14-5-4-7(15)6-14/h1-3,7,15H,4-6H2/t7-/m0/s1. The average Bonchev–Trinajstić information content (AvgIpc) is 2.64. The number of hydrogen-bond donors (Lipinski definition) is 1. The molecule has 3 nitrogen and oxygen atoms in total. The summed E-state index contributed by atoms with van der Waals surface area (Å²) in [5, 5.41) is 9.34. The van der Waals surface area contributed by atoms with E-state index in [-0.39, 0.29) is 11.5 Å². The largest absolute Gasteiger partial charge is 0.391 e. The fraction of sp³-hybridized carbons (Fsp3) is 0.364. The van der Waals surface area contributed by atoms with E-state index in [1.54, 1.807) is 12.1 Å². The Morgan fingerprint density at radius 2 is 2.31 bits per heavy atom. The number of likely N-dealkylation sites (tertiary alicyclic amines) is 1. The van der Waals surface area contributed by atoms with Gasteiger partial charge in [-0.1, -0.05) is 6.07 Å². The molecule has 1 aliphatic heterocycles. The van der Waals surface area contributed by atoms with E-state index in [1.165, 1.54) is 11.0 Å². The van der Waals surface area contributed by atoms with Gasteiger partial charge in [0.25, 0.3) is 5.91 Å². The van der Waals surface area contributed by atoms with Crippen LogP contribution in [-0.2, 0) is 0 Å². The van der Waals surface area contributed by atoms with Crippen LogP contribution in [0.4, 0.5) is 4.39 Å². The lowest BCUT2D eigenvalue weighted by Crippen LogP contribution is -2.30. The van der Waals surface area contributed by atoms with Crippen LogP contribution in [0, 0.1) is 9.39 Å². The van der Waals surface area contributed by atoms with Gasteiger partial charge in [0.1, 0.15) is 5.82 Å². The maximum Gasteiger partial charge on any atom is 0.258 e. The Labute approximate surface area is 106 Å². The number of nitrogens with zero attached hydrogens (tertiary/aromatic N) is 1. The number of benzene rings is 1. The second kappa shape index (κ2) is 4.67. The molecule has 1 aromatic carbocycles. The molecule has 0 aliphatic carbocycles. The molecule has 5 heteroatoms. The minimum absolute atomic E-state index is 0.109. The summed E-state index contributed by atoms with van der Waals surface area (Å²) in [5.41, 5.74) is 0.109. The van der Waals surface area contributed by atoms with Gasteiger partial charge < -0.3 is 10.0 Å². The molecule has 86 valence electrons. The molecule has 1 atom stereocenters. The zero-order valence-corrected chi connectivity index (χ0v) is 10.6. The zero-order valence-electron chi connectivity index (χ0n) is 8.49. The van der Waals surface area contributed by atoms with Crippen LogP contribution in [0.25, 0.3) is 0 Å². The highest BCUT2D eigenvalue weighted by Gasteiger charge is 2.28. The molecule has 0 aromatic heterocycles. The van der Waals surface area contributed by atoms with Crippen molar-refractivity contribution in [3.05, 3.63) is 33.1 Å². The first-order valence-corrected chi connectivity index (χ1v) is 6.09. The Balaban J connectivity index is 2.27. The van der Waals surface area contributed by atoms with Crippen molar-refractivity contribution in [2.24, 2.45) is 0 Å². The third-order valence-corrected chi connectivity index (χ3v) is 3.53. The van der Waals surface area contributed by atoms with E-state index in [1.807, 2.05) is 22.6 Å². The molecule has 0 unspecified atom stereocenters. The molecule has 0 bridgehead atoms. The molecule has 2 rings (SSSR count). The molecule has 0 saturated carbocycles. The lowest BCUT2D eigenvalue weighted by Gasteiger charge is -2.16. The fourth-order valence-corrected chi connectivity index (χ4v) is 2.48. The predicted molar refractivity (Wildman–Crippen MR) is 65.6 cm³/mol.